The summed E-state index contributed by atoms with van der Waals surface area (Å²) in [7, 11) is 1.70. The van der Waals surface area contributed by atoms with Crippen LogP contribution >= 0.6 is 0 Å². The van der Waals surface area contributed by atoms with Gasteiger partial charge in [-0.15, -0.1) is 0 Å². The zero-order chi connectivity index (χ0) is 14.9. The molecule has 0 saturated heterocycles. The average Bonchev–Trinajstić information content (AvgIpc) is 2.52. The normalized spacial score (nSPS) is 11.0. The number of fused-ring (bicyclic) bond motifs is 1. The highest BCUT2D eigenvalue weighted by atomic mass is 16.5. The van der Waals surface area contributed by atoms with Crippen LogP contribution in [0.2, 0.25) is 0 Å². The molecule has 1 N–H and O–H groups in total. The third-order valence-electron chi connectivity index (χ3n) is 3.22. The van der Waals surface area contributed by atoms with Crippen molar-refractivity contribution in [2.75, 3.05) is 26.9 Å². The van der Waals surface area contributed by atoms with Crippen molar-refractivity contribution in [3.63, 3.8) is 0 Å². The number of ether oxygens (including phenoxy) is 2. The standard InChI is InChI=1S/C17H24N2O2/c1-3-9-18-13-15-12-14-7-4-5-8-16(14)17(19-15)21-11-6-10-20-2/h4-5,7-8,12,18H,3,6,9-11,13H2,1-2H3. The van der Waals surface area contributed by atoms with Crippen LogP contribution in [0, 0.1) is 0 Å². The highest BCUT2D eigenvalue weighted by molar-refractivity contribution is 5.87. The van der Waals surface area contributed by atoms with Gasteiger partial charge in [0.1, 0.15) is 0 Å². The van der Waals surface area contributed by atoms with E-state index >= 15 is 0 Å². The van der Waals surface area contributed by atoms with Gasteiger partial charge in [0.05, 0.1) is 12.3 Å². The van der Waals surface area contributed by atoms with E-state index in [4.69, 9.17) is 9.47 Å². The first kappa shape index (κ1) is 15.7. The first-order chi connectivity index (χ1) is 10.3. The summed E-state index contributed by atoms with van der Waals surface area (Å²) in [4.78, 5) is 4.64. The first-order valence-electron chi connectivity index (χ1n) is 7.56. The third kappa shape index (κ3) is 4.69. The largest absolute Gasteiger partial charge is 0.477 e. The first-order valence-corrected chi connectivity index (χ1v) is 7.56. The van der Waals surface area contributed by atoms with E-state index in [1.54, 1.807) is 7.11 Å². The summed E-state index contributed by atoms with van der Waals surface area (Å²) in [5.41, 5.74) is 1.02. The number of methoxy groups -OCH3 is 1. The maximum absolute atomic E-state index is 5.85. The van der Waals surface area contributed by atoms with Gasteiger partial charge in [0, 0.05) is 32.1 Å². The second-order valence-electron chi connectivity index (χ2n) is 5.01. The molecule has 0 bridgehead atoms. The molecule has 4 nitrogen and oxygen atoms in total. The van der Waals surface area contributed by atoms with Crippen LogP contribution in [0.5, 0.6) is 5.88 Å². The fraction of sp³-hybridized carbons (Fsp3) is 0.471. The van der Waals surface area contributed by atoms with E-state index in [1.807, 2.05) is 12.1 Å². The topological polar surface area (TPSA) is 43.4 Å². The number of rotatable bonds is 9. The second kappa shape index (κ2) is 8.60. The van der Waals surface area contributed by atoms with E-state index in [2.05, 4.69) is 35.4 Å². The molecule has 0 aliphatic heterocycles. The monoisotopic (exact) mass is 288 g/mol. The molecule has 0 saturated carbocycles. The van der Waals surface area contributed by atoms with E-state index in [0.29, 0.717) is 13.2 Å². The van der Waals surface area contributed by atoms with Gasteiger partial charge in [-0.3, -0.25) is 0 Å². The van der Waals surface area contributed by atoms with Crippen molar-refractivity contribution in [2.45, 2.75) is 26.3 Å². The fourth-order valence-corrected chi connectivity index (χ4v) is 2.19. The molecule has 21 heavy (non-hydrogen) atoms. The van der Waals surface area contributed by atoms with Gasteiger partial charge >= 0.3 is 0 Å². The van der Waals surface area contributed by atoms with Crippen molar-refractivity contribution >= 4 is 10.8 Å². The maximum atomic E-state index is 5.85. The summed E-state index contributed by atoms with van der Waals surface area (Å²) < 4.78 is 10.9. The van der Waals surface area contributed by atoms with Crippen LogP contribution in [0.15, 0.2) is 30.3 Å². The lowest BCUT2D eigenvalue weighted by molar-refractivity contribution is 0.171. The van der Waals surface area contributed by atoms with E-state index < -0.39 is 0 Å². The summed E-state index contributed by atoms with van der Waals surface area (Å²) in [5.74, 6) is 0.720. The summed E-state index contributed by atoms with van der Waals surface area (Å²) >= 11 is 0. The Hall–Kier alpha value is -1.65. The molecule has 0 aliphatic carbocycles. The predicted molar refractivity (Wildman–Crippen MR) is 85.7 cm³/mol. The molecule has 1 aromatic carbocycles. The van der Waals surface area contributed by atoms with Crippen LogP contribution in [0.25, 0.3) is 10.8 Å². The molecule has 0 atom stereocenters. The summed E-state index contributed by atoms with van der Waals surface area (Å²) in [6.45, 7) is 5.25. The Labute approximate surface area is 126 Å². The molecule has 4 heteroatoms. The molecular formula is C17H24N2O2. The Morgan fingerprint density at radius 3 is 2.86 bits per heavy atom. The Balaban J connectivity index is 2.14. The van der Waals surface area contributed by atoms with Gasteiger partial charge in [-0.2, -0.15) is 0 Å². The summed E-state index contributed by atoms with van der Waals surface area (Å²) in [6, 6.07) is 10.3. The van der Waals surface area contributed by atoms with Gasteiger partial charge in [-0.1, -0.05) is 25.1 Å². The molecule has 2 aromatic rings. The lowest BCUT2D eigenvalue weighted by Crippen LogP contribution is -2.15. The van der Waals surface area contributed by atoms with Crippen LogP contribution in [0.1, 0.15) is 25.5 Å². The van der Waals surface area contributed by atoms with E-state index in [1.165, 1.54) is 5.39 Å². The molecule has 0 spiro atoms. The van der Waals surface area contributed by atoms with E-state index in [-0.39, 0.29) is 0 Å². The van der Waals surface area contributed by atoms with Crippen molar-refractivity contribution in [3.8, 4) is 5.88 Å². The molecule has 0 unspecified atom stereocenters. The quantitative estimate of drug-likeness (QED) is 0.720. The maximum Gasteiger partial charge on any atom is 0.221 e. The van der Waals surface area contributed by atoms with Crippen molar-refractivity contribution < 1.29 is 9.47 Å². The molecular weight excluding hydrogens is 264 g/mol. The van der Waals surface area contributed by atoms with Crippen LogP contribution in [-0.4, -0.2) is 31.9 Å². The zero-order valence-electron chi connectivity index (χ0n) is 12.9. The number of hydrogen-bond acceptors (Lipinski definition) is 4. The fourth-order valence-electron chi connectivity index (χ4n) is 2.19. The SMILES string of the molecule is CCCNCc1cc2ccccc2c(OCCCOC)n1. The number of aromatic nitrogens is 1. The Kier molecular flexibility index (Phi) is 6.44. The molecule has 1 aromatic heterocycles. The number of nitrogens with zero attached hydrogens (tertiary/aromatic N) is 1. The van der Waals surface area contributed by atoms with Crippen LogP contribution in [0.3, 0.4) is 0 Å². The third-order valence-corrected chi connectivity index (χ3v) is 3.22. The lowest BCUT2D eigenvalue weighted by Gasteiger charge is -2.11. The van der Waals surface area contributed by atoms with Crippen LogP contribution in [-0.2, 0) is 11.3 Å². The Morgan fingerprint density at radius 1 is 1.19 bits per heavy atom. The van der Waals surface area contributed by atoms with Gasteiger partial charge in [0.25, 0.3) is 0 Å². The predicted octanol–water partition coefficient (Wildman–Crippen LogP) is 3.15. The molecule has 0 aliphatic rings. The van der Waals surface area contributed by atoms with Crippen molar-refractivity contribution in [1.29, 1.82) is 0 Å². The van der Waals surface area contributed by atoms with Crippen LogP contribution in [0.4, 0.5) is 0 Å². The zero-order valence-corrected chi connectivity index (χ0v) is 12.9. The second-order valence-corrected chi connectivity index (χ2v) is 5.01. The number of pyridine rings is 1. The highest BCUT2D eigenvalue weighted by Crippen LogP contribution is 2.24. The lowest BCUT2D eigenvalue weighted by atomic mass is 10.1. The number of hydrogen-bond donors (Lipinski definition) is 1. The van der Waals surface area contributed by atoms with Crippen molar-refractivity contribution in [2.24, 2.45) is 0 Å². The van der Waals surface area contributed by atoms with Gasteiger partial charge in [-0.05, 0) is 30.5 Å². The molecule has 0 radical (unpaired) electrons. The Bertz CT molecular complexity index is 557. The number of benzene rings is 1. The molecule has 1 heterocycles. The smallest absolute Gasteiger partial charge is 0.221 e. The molecule has 0 amide bonds. The summed E-state index contributed by atoms with van der Waals surface area (Å²) in [5, 5.41) is 5.61. The van der Waals surface area contributed by atoms with E-state index in [0.717, 1.165) is 42.9 Å². The average molecular weight is 288 g/mol. The van der Waals surface area contributed by atoms with Gasteiger partial charge in [0.15, 0.2) is 0 Å². The minimum absolute atomic E-state index is 0.622. The molecule has 2 rings (SSSR count). The van der Waals surface area contributed by atoms with Gasteiger partial charge in [0.2, 0.25) is 5.88 Å². The van der Waals surface area contributed by atoms with E-state index in [9.17, 15) is 0 Å². The van der Waals surface area contributed by atoms with Crippen molar-refractivity contribution in [3.05, 3.63) is 36.0 Å². The molecule has 0 fully saturated rings. The van der Waals surface area contributed by atoms with Crippen LogP contribution < -0.4 is 10.1 Å². The minimum atomic E-state index is 0.622. The Morgan fingerprint density at radius 2 is 2.05 bits per heavy atom. The summed E-state index contributed by atoms with van der Waals surface area (Å²) in [6.07, 6.45) is 1.98. The highest BCUT2D eigenvalue weighted by Gasteiger charge is 2.07. The van der Waals surface area contributed by atoms with Gasteiger partial charge < -0.3 is 14.8 Å². The van der Waals surface area contributed by atoms with Crippen molar-refractivity contribution in [1.82, 2.24) is 10.3 Å². The molecule has 114 valence electrons. The van der Waals surface area contributed by atoms with Gasteiger partial charge in [-0.25, -0.2) is 4.98 Å². The minimum Gasteiger partial charge on any atom is -0.477 e. The number of nitrogens with one attached hydrogen (secondary N) is 1.